The van der Waals surface area contributed by atoms with E-state index in [0.717, 1.165) is 25.7 Å². The van der Waals surface area contributed by atoms with E-state index < -0.39 is 11.9 Å². The Morgan fingerprint density at radius 3 is 2.61 bits per heavy atom. The van der Waals surface area contributed by atoms with E-state index in [1.165, 1.54) is 13.5 Å². The number of carbonyl (C=O) groups is 2. The second-order valence-electron chi connectivity index (χ2n) is 4.93. The van der Waals surface area contributed by atoms with Gasteiger partial charge in [0.15, 0.2) is 11.6 Å². The van der Waals surface area contributed by atoms with E-state index in [4.69, 9.17) is 9.47 Å². The summed E-state index contributed by atoms with van der Waals surface area (Å²) in [6.07, 6.45) is 4.88. The molecule has 2 rings (SSSR count). The highest BCUT2D eigenvalue weighted by atomic mass is 16.7. The van der Waals surface area contributed by atoms with Crippen molar-refractivity contribution in [2.24, 2.45) is 0 Å². The summed E-state index contributed by atoms with van der Waals surface area (Å²) in [5.41, 5.74) is 0. The number of rotatable bonds is 4. The monoisotopic (exact) mass is 256 g/mol. The molecule has 2 aliphatic rings. The van der Waals surface area contributed by atoms with Gasteiger partial charge >= 0.3 is 5.97 Å². The summed E-state index contributed by atoms with van der Waals surface area (Å²) in [6, 6.07) is 0. The van der Waals surface area contributed by atoms with Crippen LogP contribution in [0.1, 0.15) is 44.9 Å². The van der Waals surface area contributed by atoms with Gasteiger partial charge in [0.25, 0.3) is 0 Å². The zero-order chi connectivity index (χ0) is 13.0. The third-order valence-electron chi connectivity index (χ3n) is 3.63. The van der Waals surface area contributed by atoms with Crippen LogP contribution >= 0.6 is 0 Å². The molecular formula is C13H20O5. The topological polar surface area (TPSA) is 61.8 Å². The first kappa shape index (κ1) is 13.5. The van der Waals surface area contributed by atoms with Gasteiger partial charge in [0.05, 0.1) is 20.1 Å². The third-order valence-corrected chi connectivity index (χ3v) is 3.63. The number of hydrogen-bond donors (Lipinski definition) is 0. The maximum absolute atomic E-state index is 11.9. The average Bonchev–Trinajstić information content (AvgIpc) is 2.80. The summed E-state index contributed by atoms with van der Waals surface area (Å²) in [5, 5.41) is 0. The van der Waals surface area contributed by atoms with Crippen LogP contribution in [0.2, 0.25) is 0 Å². The van der Waals surface area contributed by atoms with E-state index >= 15 is 0 Å². The predicted octanol–water partition coefficient (Wildman–Crippen LogP) is 1.58. The quantitative estimate of drug-likeness (QED) is 0.715. The molecule has 0 aromatic carbocycles. The van der Waals surface area contributed by atoms with Crippen molar-refractivity contribution in [3.8, 4) is 0 Å². The van der Waals surface area contributed by atoms with Crippen molar-refractivity contribution in [2.45, 2.75) is 56.8 Å². The molecule has 0 unspecified atom stereocenters. The molecule has 5 nitrogen and oxygen atoms in total. The molecule has 0 aromatic rings. The number of methoxy groups -OCH3 is 1. The molecule has 0 amide bonds. The van der Waals surface area contributed by atoms with Crippen LogP contribution in [-0.2, 0) is 23.8 Å². The lowest BCUT2D eigenvalue weighted by molar-refractivity contribution is -0.188. The first-order valence-corrected chi connectivity index (χ1v) is 6.56. The molecule has 1 saturated heterocycles. The summed E-state index contributed by atoms with van der Waals surface area (Å²) < 4.78 is 16.0. The van der Waals surface area contributed by atoms with Crippen LogP contribution in [0.25, 0.3) is 0 Å². The second-order valence-corrected chi connectivity index (χ2v) is 4.93. The van der Waals surface area contributed by atoms with Crippen molar-refractivity contribution in [3.63, 3.8) is 0 Å². The van der Waals surface area contributed by atoms with E-state index in [1.54, 1.807) is 0 Å². The number of ether oxygens (including phenoxy) is 3. The number of Topliss-reactive ketones (excluding diaryl/α,β-unsaturated/α-hetero) is 1. The number of ketones is 1. The van der Waals surface area contributed by atoms with Crippen molar-refractivity contribution in [1.82, 2.24) is 0 Å². The normalized spacial score (nSPS) is 26.2. The summed E-state index contributed by atoms with van der Waals surface area (Å²) in [4.78, 5) is 22.9. The van der Waals surface area contributed by atoms with Gasteiger partial charge < -0.3 is 14.2 Å². The highest BCUT2D eigenvalue weighted by molar-refractivity contribution is 5.86. The summed E-state index contributed by atoms with van der Waals surface area (Å²) >= 11 is 0. The molecule has 5 heteroatoms. The molecule has 18 heavy (non-hydrogen) atoms. The van der Waals surface area contributed by atoms with Crippen LogP contribution in [0.15, 0.2) is 0 Å². The summed E-state index contributed by atoms with van der Waals surface area (Å²) in [5.74, 6) is -0.957. The zero-order valence-electron chi connectivity index (χ0n) is 10.8. The Morgan fingerprint density at radius 1 is 1.22 bits per heavy atom. The lowest BCUT2D eigenvalue weighted by Gasteiger charge is -2.31. The van der Waals surface area contributed by atoms with Crippen LogP contribution in [0.5, 0.6) is 0 Å². The Bertz CT molecular complexity index is 319. The Labute approximate surface area is 107 Å². The van der Waals surface area contributed by atoms with E-state index in [9.17, 15) is 9.59 Å². The molecule has 0 radical (unpaired) electrons. The molecule has 1 aliphatic heterocycles. The molecule has 1 atom stereocenters. The molecular weight excluding hydrogens is 236 g/mol. The summed E-state index contributed by atoms with van der Waals surface area (Å²) in [6.45, 7) is 0.319. The van der Waals surface area contributed by atoms with Gasteiger partial charge in [0.2, 0.25) is 0 Å². The molecule has 0 N–H and O–H groups in total. The maximum atomic E-state index is 11.9. The minimum Gasteiger partial charge on any atom is -0.469 e. The van der Waals surface area contributed by atoms with Crippen LogP contribution in [0.4, 0.5) is 0 Å². The number of carbonyl (C=O) groups excluding carboxylic acids is 2. The van der Waals surface area contributed by atoms with Crippen molar-refractivity contribution >= 4 is 11.8 Å². The van der Waals surface area contributed by atoms with E-state index in [2.05, 4.69) is 4.74 Å². The number of esters is 1. The minimum absolute atomic E-state index is 0.0668. The first-order chi connectivity index (χ1) is 8.65. The van der Waals surface area contributed by atoms with Gasteiger partial charge in [-0.15, -0.1) is 0 Å². The van der Waals surface area contributed by atoms with Crippen molar-refractivity contribution in [1.29, 1.82) is 0 Å². The molecule has 2 fully saturated rings. The summed E-state index contributed by atoms with van der Waals surface area (Å²) in [7, 11) is 1.32. The average molecular weight is 256 g/mol. The molecule has 1 spiro atoms. The molecule has 0 aromatic heterocycles. The van der Waals surface area contributed by atoms with E-state index in [1.807, 2.05) is 0 Å². The van der Waals surface area contributed by atoms with Crippen molar-refractivity contribution in [2.75, 3.05) is 13.7 Å². The SMILES string of the molecule is COC(=O)CCC(=O)[C@H]1COC2(CCCCC2)O1. The van der Waals surface area contributed by atoms with Crippen LogP contribution in [-0.4, -0.2) is 37.4 Å². The van der Waals surface area contributed by atoms with Gasteiger partial charge in [-0.2, -0.15) is 0 Å². The molecule has 1 aliphatic carbocycles. The van der Waals surface area contributed by atoms with Crippen molar-refractivity contribution < 1.29 is 23.8 Å². The van der Waals surface area contributed by atoms with Crippen LogP contribution in [0, 0.1) is 0 Å². The largest absolute Gasteiger partial charge is 0.469 e. The fourth-order valence-corrected chi connectivity index (χ4v) is 2.55. The Hall–Kier alpha value is -0.940. The Kier molecular flexibility index (Phi) is 4.35. The van der Waals surface area contributed by atoms with Gasteiger partial charge in [-0.05, 0) is 12.8 Å². The Balaban J connectivity index is 1.80. The fourth-order valence-electron chi connectivity index (χ4n) is 2.55. The minimum atomic E-state index is -0.524. The number of hydrogen-bond acceptors (Lipinski definition) is 5. The standard InChI is InChI=1S/C13H20O5/c1-16-12(15)6-5-10(14)11-9-17-13(18-11)7-3-2-4-8-13/h11H,2-9H2,1H3/t11-/m1/s1. The smallest absolute Gasteiger partial charge is 0.305 e. The van der Waals surface area contributed by atoms with Gasteiger partial charge in [-0.1, -0.05) is 6.42 Å². The van der Waals surface area contributed by atoms with Gasteiger partial charge in [-0.3, -0.25) is 9.59 Å². The van der Waals surface area contributed by atoms with Crippen LogP contribution in [0.3, 0.4) is 0 Å². The molecule has 102 valence electrons. The van der Waals surface area contributed by atoms with Crippen molar-refractivity contribution in [3.05, 3.63) is 0 Å². The molecule has 1 heterocycles. The predicted molar refractivity (Wildman–Crippen MR) is 62.9 cm³/mol. The highest BCUT2D eigenvalue weighted by Crippen LogP contribution is 2.38. The van der Waals surface area contributed by atoms with Crippen LogP contribution < -0.4 is 0 Å². The lowest BCUT2D eigenvalue weighted by atomic mass is 9.94. The van der Waals surface area contributed by atoms with Gasteiger partial charge in [-0.25, -0.2) is 0 Å². The van der Waals surface area contributed by atoms with Gasteiger partial charge in [0, 0.05) is 19.3 Å². The lowest BCUT2D eigenvalue weighted by Crippen LogP contribution is -2.34. The highest BCUT2D eigenvalue weighted by Gasteiger charge is 2.44. The first-order valence-electron chi connectivity index (χ1n) is 6.56. The zero-order valence-corrected chi connectivity index (χ0v) is 10.8. The van der Waals surface area contributed by atoms with E-state index in [-0.39, 0.29) is 24.6 Å². The second kappa shape index (κ2) is 5.80. The van der Waals surface area contributed by atoms with Gasteiger partial charge in [0.1, 0.15) is 6.10 Å². The fraction of sp³-hybridized carbons (Fsp3) is 0.846. The Morgan fingerprint density at radius 2 is 1.94 bits per heavy atom. The third kappa shape index (κ3) is 3.09. The maximum Gasteiger partial charge on any atom is 0.305 e. The molecule has 0 bridgehead atoms. The molecule has 1 saturated carbocycles. The van der Waals surface area contributed by atoms with E-state index in [0.29, 0.717) is 6.61 Å².